The third-order valence-electron chi connectivity index (χ3n) is 2.38. The Hall–Kier alpha value is -0.120. The van der Waals surface area contributed by atoms with E-state index in [0.29, 0.717) is 12.5 Å². The Balaban J connectivity index is 2.33. The van der Waals surface area contributed by atoms with Gasteiger partial charge in [-0.2, -0.15) is 0 Å². The van der Waals surface area contributed by atoms with Crippen molar-refractivity contribution in [3.05, 3.63) is 0 Å². The highest BCUT2D eigenvalue weighted by Gasteiger charge is 2.20. The lowest BCUT2D eigenvalue weighted by Gasteiger charge is -2.34. The number of hydrogen-bond donors (Lipinski definition) is 2. The van der Waals surface area contributed by atoms with Crippen molar-refractivity contribution >= 4 is 0 Å². The zero-order valence-electron chi connectivity index (χ0n) is 7.16. The molecule has 3 N–H and O–H groups in total. The molecule has 0 radical (unpaired) electrons. The summed E-state index contributed by atoms with van der Waals surface area (Å²) in [4.78, 5) is 2.23. The van der Waals surface area contributed by atoms with Crippen molar-refractivity contribution in [2.45, 2.75) is 25.9 Å². The molecule has 2 atom stereocenters. The summed E-state index contributed by atoms with van der Waals surface area (Å²) in [6.45, 7) is 4.37. The van der Waals surface area contributed by atoms with E-state index >= 15 is 0 Å². The molecule has 3 heteroatoms. The van der Waals surface area contributed by atoms with Crippen LogP contribution in [0.2, 0.25) is 0 Å². The second-order valence-electron chi connectivity index (χ2n) is 3.43. The van der Waals surface area contributed by atoms with Crippen molar-refractivity contribution in [3.8, 4) is 0 Å². The molecule has 0 spiro atoms. The SMILES string of the molecule is CC(N)N1CCCC(CO)C1. The topological polar surface area (TPSA) is 49.5 Å². The fourth-order valence-corrected chi connectivity index (χ4v) is 1.62. The number of nitrogens with two attached hydrogens (primary N) is 1. The van der Waals surface area contributed by atoms with Crippen molar-refractivity contribution in [1.29, 1.82) is 0 Å². The highest BCUT2D eigenvalue weighted by atomic mass is 16.3. The summed E-state index contributed by atoms with van der Waals surface area (Å²) in [5, 5.41) is 8.92. The van der Waals surface area contributed by atoms with E-state index < -0.39 is 0 Å². The number of rotatable bonds is 2. The van der Waals surface area contributed by atoms with Crippen LogP contribution in [0.3, 0.4) is 0 Å². The summed E-state index contributed by atoms with van der Waals surface area (Å²) < 4.78 is 0. The minimum Gasteiger partial charge on any atom is -0.396 e. The average molecular weight is 158 g/mol. The normalized spacial score (nSPS) is 30.3. The van der Waals surface area contributed by atoms with Gasteiger partial charge in [-0.15, -0.1) is 0 Å². The number of nitrogens with zero attached hydrogens (tertiary/aromatic N) is 1. The van der Waals surface area contributed by atoms with Gasteiger partial charge >= 0.3 is 0 Å². The van der Waals surface area contributed by atoms with Gasteiger partial charge in [0.05, 0.1) is 6.17 Å². The largest absolute Gasteiger partial charge is 0.396 e. The van der Waals surface area contributed by atoms with Gasteiger partial charge in [0.1, 0.15) is 0 Å². The zero-order valence-corrected chi connectivity index (χ0v) is 7.16. The lowest BCUT2D eigenvalue weighted by Crippen LogP contribution is -2.46. The summed E-state index contributed by atoms with van der Waals surface area (Å²) >= 11 is 0. The Morgan fingerprint density at radius 3 is 3.00 bits per heavy atom. The first-order valence-corrected chi connectivity index (χ1v) is 4.34. The first kappa shape index (κ1) is 8.97. The summed E-state index contributed by atoms with van der Waals surface area (Å²) in [7, 11) is 0. The summed E-state index contributed by atoms with van der Waals surface area (Å²) in [6, 6.07) is 0. The Kier molecular flexibility index (Phi) is 3.30. The quantitative estimate of drug-likeness (QED) is 0.594. The molecule has 66 valence electrons. The van der Waals surface area contributed by atoms with Gasteiger partial charge in [0, 0.05) is 13.2 Å². The van der Waals surface area contributed by atoms with E-state index in [1.165, 1.54) is 6.42 Å². The van der Waals surface area contributed by atoms with Crippen molar-refractivity contribution in [2.24, 2.45) is 11.7 Å². The maximum atomic E-state index is 8.92. The third-order valence-corrected chi connectivity index (χ3v) is 2.38. The molecule has 0 aromatic carbocycles. The molecule has 1 aliphatic heterocycles. The minimum atomic E-state index is 0.143. The van der Waals surface area contributed by atoms with Crippen LogP contribution in [-0.2, 0) is 0 Å². The highest BCUT2D eigenvalue weighted by Crippen LogP contribution is 2.16. The fourth-order valence-electron chi connectivity index (χ4n) is 1.62. The van der Waals surface area contributed by atoms with Gasteiger partial charge in [-0.1, -0.05) is 0 Å². The lowest BCUT2D eigenvalue weighted by atomic mass is 9.99. The van der Waals surface area contributed by atoms with Crippen molar-refractivity contribution in [1.82, 2.24) is 4.90 Å². The van der Waals surface area contributed by atoms with Crippen LogP contribution in [-0.4, -0.2) is 35.9 Å². The molecule has 1 fully saturated rings. The van der Waals surface area contributed by atoms with E-state index in [0.717, 1.165) is 19.5 Å². The molecule has 0 bridgehead atoms. The van der Waals surface area contributed by atoms with Crippen LogP contribution in [0.15, 0.2) is 0 Å². The van der Waals surface area contributed by atoms with Crippen molar-refractivity contribution in [2.75, 3.05) is 19.7 Å². The lowest BCUT2D eigenvalue weighted by molar-refractivity contribution is 0.0956. The minimum absolute atomic E-state index is 0.143. The molecule has 11 heavy (non-hydrogen) atoms. The standard InChI is InChI=1S/C8H18N2O/c1-7(9)10-4-2-3-8(5-10)6-11/h7-8,11H,2-6,9H2,1H3. The van der Waals surface area contributed by atoms with Gasteiger partial charge in [0.2, 0.25) is 0 Å². The molecule has 1 heterocycles. The third kappa shape index (κ3) is 2.43. The molecule has 3 nitrogen and oxygen atoms in total. The zero-order chi connectivity index (χ0) is 8.27. The number of aliphatic hydroxyl groups excluding tert-OH is 1. The Morgan fingerprint density at radius 2 is 2.45 bits per heavy atom. The maximum Gasteiger partial charge on any atom is 0.0542 e. The van der Waals surface area contributed by atoms with E-state index in [2.05, 4.69) is 4.90 Å². The van der Waals surface area contributed by atoms with Gasteiger partial charge in [0.15, 0.2) is 0 Å². The Bertz CT molecular complexity index is 117. The number of piperidine rings is 1. The van der Waals surface area contributed by atoms with E-state index in [-0.39, 0.29) is 6.17 Å². The number of hydrogen-bond acceptors (Lipinski definition) is 3. The molecular formula is C8H18N2O. The average Bonchev–Trinajstić information content (AvgIpc) is 2.05. The molecule has 1 rings (SSSR count). The molecule has 0 aromatic heterocycles. The molecular weight excluding hydrogens is 140 g/mol. The fraction of sp³-hybridized carbons (Fsp3) is 1.00. The number of likely N-dealkylation sites (tertiary alicyclic amines) is 1. The van der Waals surface area contributed by atoms with Crippen molar-refractivity contribution < 1.29 is 5.11 Å². The van der Waals surface area contributed by atoms with Gasteiger partial charge in [0.25, 0.3) is 0 Å². The van der Waals surface area contributed by atoms with E-state index in [4.69, 9.17) is 10.8 Å². The second-order valence-corrected chi connectivity index (χ2v) is 3.43. The van der Waals surface area contributed by atoms with E-state index in [1.807, 2.05) is 6.92 Å². The van der Waals surface area contributed by atoms with Crippen LogP contribution in [0.25, 0.3) is 0 Å². The van der Waals surface area contributed by atoms with E-state index in [9.17, 15) is 0 Å². The predicted molar refractivity (Wildman–Crippen MR) is 45.0 cm³/mol. The second kappa shape index (κ2) is 4.04. The summed E-state index contributed by atoms with van der Waals surface area (Å²) in [6.07, 6.45) is 2.47. The Morgan fingerprint density at radius 1 is 1.73 bits per heavy atom. The van der Waals surface area contributed by atoms with Gasteiger partial charge in [-0.25, -0.2) is 0 Å². The molecule has 2 unspecified atom stereocenters. The van der Waals surface area contributed by atoms with Gasteiger partial charge in [-0.05, 0) is 32.2 Å². The summed E-state index contributed by atoms with van der Waals surface area (Å²) in [5.41, 5.74) is 5.73. The molecule has 1 saturated heterocycles. The molecule has 0 aliphatic carbocycles. The van der Waals surface area contributed by atoms with Crippen LogP contribution >= 0.6 is 0 Å². The van der Waals surface area contributed by atoms with Crippen molar-refractivity contribution in [3.63, 3.8) is 0 Å². The van der Waals surface area contributed by atoms with Gasteiger partial charge in [-0.3, -0.25) is 4.90 Å². The Labute approximate surface area is 68.2 Å². The van der Waals surface area contributed by atoms with E-state index in [1.54, 1.807) is 0 Å². The van der Waals surface area contributed by atoms with Crippen LogP contribution in [0.1, 0.15) is 19.8 Å². The predicted octanol–water partition coefficient (Wildman–Crippen LogP) is -0.00460. The smallest absolute Gasteiger partial charge is 0.0542 e. The van der Waals surface area contributed by atoms with Gasteiger partial charge < -0.3 is 10.8 Å². The van der Waals surface area contributed by atoms with Crippen LogP contribution in [0.4, 0.5) is 0 Å². The van der Waals surface area contributed by atoms with Crippen LogP contribution in [0.5, 0.6) is 0 Å². The highest BCUT2D eigenvalue weighted by molar-refractivity contribution is 4.73. The molecule has 0 amide bonds. The monoisotopic (exact) mass is 158 g/mol. The molecule has 1 aliphatic rings. The first-order valence-electron chi connectivity index (χ1n) is 4.34. The molecule has 0 saturated carbocycles. The van der Waals surface area contributed by atoms with Crippen LogP contribution in [0, 0.1) is 5.92 Å². The van der Waals surface area contributed by atoms with Crippen LogP contribution < -0.4 is 5.73 Å². The molecule has 0 aromatic rings. The first-order chi connectivity index (χ1) is 5.24. The maximum absolute atomic E-state index is 8.92. The summed E-state index contributed by atoms with van der Waals surface area (Å²) in [5.74, 6) is 0.453. The number of aliphatic hydroxyl groups is 1.